The summed E-state index contributed by atoms with van der Waals surface area (Å²) in [4.78, 5) is 14.1. The van der Waals surface area contributed by atoms with Crippen molar-refractivity contribution in [3.05, 3.63) is 17.6 Å². The quantitative estimate of drug-likeness (QED) is 0.819. The van der Waals surface area contributed by atoms with E-state index < -0.39 is 0 Å². The molecular weight excluding hydrogens is 224 g/mol. The lowest BCUT2D eigenvalue weighted by atomic mass is 10.2. The van der Waals surface area contributed by atoms with Crippen LogP contribution in [0.5, 0.6) is 0 Å². The van der Waals surface area contributed by atoms with Crippen LogP contribution in [-0.4, -0.2) is 47.6 Å². The fraction of sp³-hybridized carbons (Fsp3) is 0.714. The molecule has 18 heavy (non-hydrogen) atoms. The van der Waals surface area contributed by atoms with Crippen molar-refractivity contribution < 1.29 is 0 Å². The summed E-state index contributed by atoms with van der Waals surface area (Å²) < 4.78 is 0. The number of nitrogens with zero attached hydrogens (tertiary/aromatic N) is 4. The molecule has 1 aliphatic rings. The smallest absolute Gasteiger partial charge is 0.133 e. The van der Waals surface area contributed by atoms with E-state index in [2.05, 4.69) is 48.5 Å². The van der Waals surface area contributed by atoms with Crippen molar-refractivity contribution >= 4 is 5.82 Å². The molecule has 1 aromatic rings. The van der Waals surface area contributed by atoms with E-state index in [4.69, 9.17) is 4.98 Å². The van der Waals surface area contributed by atoms with Crippen LogP contribution in [0.3, 0.4) is 0 Å². The van der Waals surface area contributed by atoms with Crippen LogP contribution in [0.2, 0.25) is 0 Å². The summed E-state index contributed by atoms with van der Waals surface area (Å²) in [5, 5.41) is 0. The highest BCUT2D eigenvalue weighted by Crippen LogP contribution is 2.18. The Hall–Kier alpha value is -1.16. The zero-order valence-corrected chi connectivity index (χ0v) is 12.0. The third kappa shape index (κ3) is 2.99. The standard InChI is InChI=1S/C14H24N4/c1-5-17-6-8-18(9-7-17)13-10-12(4)15-14(16-13)11(2)3/h10-11H,5-9H2,1-4H3. The van der Waals surface area contributed by atoms with Crippen molar-refractivity contribution in [3.8, 4) is 0 Å². The molecule has 0 unspecified atom stereocenters. The molecule has 1 aromatic heterocycles. The van der Waals surface area contributed by atoms with Gasteiger partial charge in [0, 0.05) is 43.9 Å². The first-order valence-electron chi connectivity index (χ1n) is 6.93. The summed E-state index contributed by atoms with van der Waals surface area (Å²) in [5.41, 5.74) is 1.07. The van der Waals surface area contributed by atoms with Gasteiger partial charge in [-0.2, -0.15) is 0 Å². The minimum Gasteiger partial charge on any atom is -0.354 e. The van der Waals surface area contributed by atoms with Crippen molar-refractivity contribution in [2.75, 3.05) is 37.6 Å². The lowest BCUT2D eigenvalue weighted by molar-refractivity contribution is 0.270. The summed E-state index contributed by atoms with van der Waals surface area (Å²) in [6.45, 7) is 14.1. The SMILES string of the molecule is CCN1CCN(c2cc(C)nc(C(C)C)n2)CC1. The Balaban J connectivity index is 2.13. The fourth-order valence-corrected chi connectivity index (χ4v) is 2.29. The van der Waals surface area contributed by atoms with E-state index in [0.29, 0.717) is 5.92 Å². The molecule has 0 aromatic carbocycles. The van der Waals surface area contributed by atoms with Crippen molar-refractivity contribution in [1.82, 2.24) is 14.9 Å². The van der Waals surface area contributed by atoms with Crippen LogP contribution in [0.4, 0.5) is 5.82 Å². The highest BCUT2D eigenvalue weighted by atomic mass is 15.3. The molecule has 0 bridgehead atoms. The summed E-state index contributed by atoms with van der Waals surface area (Å²) in [5.74, 6) is 2.45. The van der Waals surface area contributed by atoms with E-state index in [1.165, 1.54) is 0 Å². The third-order valence-electron chi connectivity index (χ3n) is 3.52. The van der Waals surface area contributed by atoms with Crippen molar-refractivity contribution in [1.29, 1.82) is 0 Å². The van der Waals surface area contributed by atoms with Gasteiger partial charge in [0.1, 0.15) is 11.6 Å². The topological polar surface area (TPSA) is 32.3 Å². The highest BCUT2D eigenvalue weighted by molar-refractivity contribution is 5.40. The third-order valence-corrected chi connectivity index (χ3v) is 3.52. The van der Waals surface area contributed by atoms with Gasteiger partial charge >= 0.3 is 0 Å². The Morgan fingerprint density at radius 2 is 1.83 bits per heavy atom. The van der Waals surface area contributed by atoms with Crippen LogP contribution in [-0.2, 0) is 0 Å². The largest absolute Gasteiger partial charge is 0.354 e. The number of likely N-dealkylation sites (N-methyl/N-ethyl adjacent to an activating group) is 1. The van der Waals surface area contributed by atoms with E-state index in [0.717, 1.165) is 50.1 Å². The summed E-state index contributed by atoms with van der Waals surface area (Å²) in [6, 6.07) is 2.10. The molecule has 4 nitrogen and oxygen atoms in total. The van der Waals surface area contributed by atoms with Crippen LogP contribution < -0.4 is 4.90 Å². The lowest BCUT2D eigenvalue weighted by Crippen LogP contribution is -2.46. The summed E-state index contributed by atoms with van der Waals surface area (Å²) >= 11 is 0. The van der Waals surface area contributed by atoms with Crippen molar-refractivity contribution in [2.24, 2.45) is 0 Å². The average Bonchev–Trinajstić information content (AvgIpc) is 2.38. The first-order chi connectivity index (χ1) is 8.60. The number of piperazine rings is 1. The van der Waals surface area contributed by atoms with E-state index in [1.807, 2.05) is 0 Å². The molecule has 1 fully saturated rings. The molecule has 0 saturated carbocycles. The number of anilines is 1. The summed E-state index contributed by atoms with van der Waals surface area (Å²) in [6.07, 6.45) is 0. The van der Waals surface area contributed by atoms with Gasteiger partial charge in [-0.1, -0.05) is 20.8 Å². The Kier molecular flexibility index (Phi) is 4.17. The Morgan fingerprint density at radius 1 is 1.17 bits per heavy atom. The molecule has 0 N–H and O–H groups in total. The molecular formula is C14H24N4. The van der Waals surface area contributed by atoms with Gasteiger partial charge in [-0.15, -0.1) is 0 Å². The Labute approximate surface area is 110 Å². The fourth-order valence-electron chi connectivity index (χ4n) is 2.29. The maximum Gasteiger partial charge on any atom is 0.133 e. The second kappa shape index (κ2) is 5.65. The number of hydrogen-bond donors (Lipinski definition) is 0. The number of aryl methyl sites for hydroxylation is 1. The monoisotopic (exact) mass is 248 g/mol. The first-order valence-corrected chi connectivity index (χ1v) is 6.93. The molecule has 0 amide bonds. The van der Waals surface area contributed by atoms with Crippen LogP contribution in [0.25, 0.3) is 0 Å². The molecule has 1 aliphatic heterocycles. The molecule has 2 rings (SSSR count). The molecule has 0 spiro atoms. The van der Waals surface area contributed by atoms with Gasteiger partial charge in [0.25, 0.3) is 0 Å². The zero-order valence-electron chi connectivity index (χ0n) is 12.0. The molecule has 4 heteroatoms. The minimum atomic E-state index is 0.389. The van der Waals surface area contributed by atoms with Crippen LogP contribution in [0, 0.1) is 6.92 Å². The van der Waals surface area contributed by atoms with Gasteiger partial charge in [0.15, 0.2) is 0 Å². The first kappa shape index (κ1) is 13.3. The van der Waals surface area contributed by atoms with Crippen molar-refractivity contribution in [3.63, 3.8) is 0 Å². The lowest BCUT2D eigenvalue weighted by Gasteiger charge is -2.35. The second-order valence-corrected chi connectivity index (χ2v) is 5.30. The van der Waals surface area contributed by atoms with Crippen LogP contribution in [0.1, 0.15) is 38.2 Å². The predicted molar refractivity (Wildman–Crippen MR) is 75.2 cm³/mol. The van der Waals surface area contributed by atoms with Gasteiger partial charge in [-0.3, -0.25) is 0 Å². The normalized spacial score (nSPS) is 17.5. The van der Waals surface area contributed by atoms with E-state index in [1.54, 1.807) is 0 Å². The van der Waals surface area contributed by atoms with E-state index in [-0.39, 0.29) is 0 Å². The minimum absolute atomic E-state index is 0.389. The predicted octanol–water partition coefficient (Wildman–Crippen LogP) is 2.05. The highest BCUT2D eigenvalue weighted by Gasteiger charge is 2.18. The maximum atomic E-state index is 4.70. The van der Waals surface area contributed by atoms with Crippen LogP contribution >= 0.6 is 0 Å². The van der Waals surface area contributed by atoms with Gasteiger partial charge in [0.2, 0.25) is 0 Å². The number of hydrogen-bond acceptors (Lipinski definition) is 4. The zero-order chi connectivity index (χ0) is 13.1. The van der Waals surface area contributed by atoms with Crippen molar-refractivity contribution in [2.45, 2.75) is 33.6 Å². The van der Waals surface area contributed by atoms with Gasteiger partial charge in [0.05, 0.1) is 0 Å². The molecule has 0 aliphatic carbocycles. The number of rotatable bonds is 3. The van der Waals surface area contributed by atoms with Gasteiger partial charge in [-0.25, -0.2) is 9.97 Å². The maximum absolute atomic E-state index is 4.70. The summed E-state index contributed by atoms with van der Waals surface area (Å²) in [7, 11) is 0. The van der Waals surface area contributed by atoms with Crippen LogP contribution in [0.15, 0.2) is 6.07 Å². The van der Waals surface area contributed by atoms with E-state index in [9.17, 15) is 0 Å². The molecule has 100 valence electrons. The Morgan fingerprint density at radius 3 is 2.39 bits per heavy atom. The molecule has 0 atom stereocenters. The molecule has 1 saturated heterocycles. The Bertz CT molecular complexity index is 395. The second-order valence-electron chi connectivity index (χ2n) is 5.30. The van der Waals surface area contributed by atoms with E-state index >= 15 is 0 Å². The molecule has 2 heterocycles. The number of aromatic nitrogens is 2. The van der Waals surface area contributed by atoms with Gasteiger partial charge < -0.3 is 9.80 Å². The molecule has 0 radical (unpaired) electrons. The van der Waals surface area contributed by atoms with Gasteiger partial charge in [-0.05, 0) is 13.5 Å². The average molecular weight is 248 g/mol.